The van der Waals surface area contributed by atoms with Crippen molar-refractivity contribution >= 4 is 5.78 Å². The second kappa shape index (κ2) is 5.47. The molecule has 1 rings (SSSR count). The summed E-state index contributed by atoms with van der Waals surface area (Å²) in [4.78, 5) is 13.6. The van der Waals surface area contributed by atoms with E-state index in [0.717, 1.165) is 26.2 Å². The Hall–Kier alpha value is -0.410. The zero-order valence-corrected chi connectivity index (χ0v) is 9.45. The average molecular weight is 199 g/mol. The first-order valence-corrected chi connectivity index (χ1v) is 5.46. The molecule has 1 unspecified atom stereocenters. The number of Topliss-reactive ketones (excluding diaryl/α,β-unsaturated/α-hetero) is 1. The van der Waals surface area contributed by atoms with Crippen molar-refractivity contribution in [3.05, 3.63) is 0 Å². The van der Waals surface area contributed by atoms with Crippen LogP contribution in [0.4, 0.5) is 0 Å². The maximum absolute atomic E-state index is 11.3. The maximum atomic E-state index is 11.3. The molecule has 82 valence electrons. The summed E-state index contributed by atoms with van der Waals surface area (Å²) in [5.74, 6) is 0.619. The van der Waals surface area contributed by atoms with Gasteiger partial charge >= 0.3 is 0 Å². The number of carbonyl (C=O) groups excluding carboxylic acids is 1. The number of rotatable bonds is 4. The van der Waals surface area contributed by atoms with E-state index >= 15 is 0 Å². The number of likely N-dealkylation sites (tertiary alicyclic amines) is 1. The molecule has 1 atom stereocenters. The third kappa shape index (κ3) is 3.76. The molecule has 3 heteroatoms. The summed E-state index contributed by atoms with van der Waals surface area (Å²) in [6.45, 7) is 9.64. The van der Waals surface area contributed by atoms with E-state index in [0.29, 0.717) is 18.3 Å². The van der Waals surface area contributed by atoms with Gasteiger partial charge in [0.1, 0.15) is 5.78 Å². The van der Waals surface area contributed by atoms with Crippen LogP contribution in [0, 0.1) is 5.92 Å². The summed E-state index contributed by atoms with van der Waals surface area (Å²) in [7, 11) is 0. The van der Waals surface area contributed by atoms with E-state index in [1.165, 1.54) is 0 Å². The quantitative estimate of drug-likeness (QED) is 0.684. The summed E-state index contributed by atoms with van der Waals surface area (Å²) < 4.78 is 5.48. The molecule has 3 nitrogen and oxygen atoms in total. The first-order chi connectivity index (χ1) is 6.59. The number of ether oxygens (including phenoxy) is 1. The second-order valence-electron chi connectivity index (χ2n) is 4.34. The fourth-order valence-corrected chi connectivity index (χ4v) is 1.72. The largest absolute Gasteiger partial charge is 0.377 e. The summed E-state index contributed by atoms with van der Waals surface area (Å²) in [5.41, 5.74) is 0. The highest BCUT2D eigenvalue weighted by molar-refractivity contribution is 5.81. The van der Waals surface area contributed by atoms with Gasteiger partial charge < -0.3 is 4.74 Å². The highest BCUT2D eigenvalue weighted by Crippen LogP contribution is 2.11. The van der Waals surface area contributed by atoms with Crippen LogP contribution in [0.15, 0.2) is 0 Å². The number of piperidine rings is 1. The van der Waals surface area contributed by atoms with Gasteiger partial charge in [-0.1, -0.05) is 6.92 Å². The van der Waals surface area contributed by atoms with Crippen molar-refractivity contribution < 1.29 is 9.53 Å². The monoisotopic (exact) mass is 199 g/mol. The van der Waals surface area contributed by atoms with Gasteiger partial charge in [0.2, 0.25) is 0 Å². The Morgan fingerprint density at radius 2 is 2.29 bits per heavy atom. The molecule has 0 saturated carbocycles. The summed E-state index contributed by atoms with van der Waals surface area (Å²) in [6, 6.07) is 0. The SMILES string of the molecule is CC(C)OCCN1CCC(=O)C(C)C1. The van der Waals surface area contributed by atoms with Crippen molar-refractivity contribution in [3.63, 3.8) is 0 Å². The summed E-state index contributed by atoms with van der Waals surface area (Å²) >= 11 is 0. The molecule has 0 radical (unpaired) electrons. The van der Waals surface area contributed by atoms with Gasteiger partial charge in [-0.05, 0) is 13.8 Å². The van der Waals surface area contributed by atoms with Gasteiger partial charge in [-0.25, -0.2) is 0 Å². The molecule has 0 N–H and O–H groups in total. The molecule has 14 heavy (non-hydrogen) atoms. The van der Waals surface area contributed by atoms with E-state index in [9.17, 15) is 4.79 Å². The van der Waals surface area contributed by atoms with Crippen LogP contribution in [0.3, 0.4) is 0 Å². The lowest BCUT2D eigenvalue weighted by Gasteiger charge is -2.29. The number of nitrogens with zero attached hydrogens (tertiary/aromatic N) is 1. The van der Waals surface area contributed by atoms with Crippen molar-refractivity contribution in [2.24, 2.45) is 5.92 Å². The van der Waals surface area contributed by atoms with Crippen LogP contribution in [0.2, 0.25) is 0 Å². The molecule has 0 aromatic rings. The highest BCUT2D eigenvalue weighted by Gasteiger charge is 2.22. The van der Waals surface area contributed by atoms with E-state index in [1.807, 2.05) is 20.8 Å². The first-order valence-electron chi connectivity index (χ1n) is 5.46. The lowest BCUT2D eigenvalue weighted by molar-refractivity contribution is -0.125. The molecule has 1 saturated heterocycles. The zero-order valence-electron chi connectivity index (χ0n) is 9.45. The highest BCUT2D eigenvalue weighted by atomic mass is 16.5. The summed E-state index contributed by atoms with van der Waals surface area (Å²) in [5, 5.41) is 0. The molecule has 1 aliphatic heterocycles. The standard InChI is InChI=1S/C11H21NO2/c1-9(2)14-7-6-12-5-4-11(13)10(3)8-12/h9-10H,4-8H2,1-3H3. The van der Waals surface area contributed by atoms with Crippen LogP contribution >= 0.6 is 0 Å². The fraction of sp³-hybridized carbons (Fsp3) is 0.909. The molecule has 1 heterocycles. The zero-order chi connectivity index (χ0) is 10.6. The molecule has 1 aliphatic rings. The molecular weight excluding hydrogens is 178 g/mol. The van der Waals surface area contributed by atoms with Crippen molar-refractivity contribution in [2.45, 2.75) is 33.3 Å². The average Bonchev–Trinajstić information content (AvgIpc) is 2.10. The van der Waals surface area contributed by atoms with Gasteiger partial charge in [-0.2, -0.15) is 0 Å². The fourth-order valence-electron chi connectivity index (χ4n) is 1.72. The Labute approximate surface area is 86.4 Å². The van der Waals surface area contributed by atoms with E-state index in [4.69, 9.17) is 4.74 Å². The predicted octanol–water partition coefficient (Wildman–Crippen LogP) is 1.32. The van der Waals surface area contributed by atoms with Crippen LogP contribution in [0.1, 0.15) is 27.2 Å². The molecule has 0 aromatic heterocycles. The third-order valence-corrected chi connectivity index (χ3v) is 2.61. The Morgan fingerprint density at radius 3 is 2.86 bits per heavy atom. The first kappa shape index (κ1) is 11.7. The van der Waals surface area contributed by atoms with Gasteiger partial charge in [0, 0.05) is 32.0 Å². The van der Waals surface area contributed by atoms with E-state index < -0.39 is 0 Å². The maximum Gasteiger partial charge on any atom is 0.138 e. The Kier molecular flexibility index (Phi) is 4.55. The predicted molar refractivity (Wildman–Crippen MR) is 56.3 cm³/mol. The molecule has 0 aliphatic carbocycles. The van der Waals surface area contributed by atoms with E-state index in [1.54, 1.807) is 0 Å². The number of ketones is 1. The van der Waals surface area contributed by atoms with Crippen molar-refractivity contribution in [1.82, 2.24) is 4.90 Å². The summed E-state index contributed by atoms with van der Waals surface area (Å²) in [6.07, 6.45) is 1.02. The van der Waals surface area contributed by atoms with Crippen LogP contribution in [-0.2, 0) is 9.53 Å². The Balaban J connectivity index is 2.17. The van der Waals surface area contributed by atoms with Gasteiger partial charge in [0.15, 0.2) is 0 Å². The van der Waals surface area contributed by atoms with Crippen LogP contribution in [-0.4, -0.2) is 43.0 Å². The van der Waals surface area contributed by atoms with E-state index in [2.05, 4.69) is 4.90 Å². The van der Waals surface area contributed by atoms with Crippen molar-refractivity contribution in [2.75, 3.05) is 26.2 Å². The van der Waals surface area contributed by atoms with Gasteiger partial charge in [-0.3, -0.25) is 9.69 Å². The third-order valence-electron chi connectivity index (χ3n) is 2.61. The van der Waals surface area contributed by atoms with Crippen LogP contribution < -0.4 is 0 Å². The number of hydrogen-bond acceptors (Lipinski definition) is 3. The van der Waals surface area contributed by atoms with Crippen LogP contribution in [0.25, 0.3) is 0 Å². The van der Waals surface area contributed by atoms with Crippen molar-refractivity contribution in [1.29, 1.82) is 0 Å². The minimum atomic E-state index is 0.211. The molecule has 1 fully saturated rings. The van der Waals surface area contributed by atoms with Crippen LogP contribution in [0.5, 0.6) is 0 Å². The molecule has 0 bridgehead atoms. The Morgan fingerprint density at radius 1 is 1.57 bits per heavy atom. The lowest BCUT2D eigenvalue weighted by Crippen LogP contribution is -2.41. The number of hydrogen-bond donors (Lipinski definition) is 0. The molecule has 0 aromatic carbocycles. The second-order valence-corrected chi connectivity index (χ2v) is 4.34. The topological polar surface area (TPSA) is 29.5 Å². The normalized spacial score (nSPS) is 24.6. The molecule has 0 spiro atoms. The van der Waals surface area contributed by atoms with Gasteiger partial charge in [0.25, 0.3) is 0 Å². The van der Waals surface area contributed by atoms with Gasteiger partial charge in [0.05, 0.1) is 12.7 Å². The number of carbonyl (C=O) groups is 1. The van der Waals surface area contributed by atoms with E-state index in [-0.39, 0.29) is 5.92 Å². The van der Waals surface area contributed by atoms with Gasteiger partial charge in [-0.15, -0.1) is 0 Å². The Bertz CT molecular complexity index is 192. The molecular formula is C11H21NO2. The smallest absolute Gasteiger partial charge is 0.138 e. The van der Waals surface area contributed by atoms with Crippen molar-refractivity contribution in [3.8, 4) is 0 Å². The minimum Gasteiger partial charge on any atom is -0.377 e. The minimum absolute atomic E-state index is 0.211. The molecule has 0 amide bonds. The lowest BCUT2D eigenvalue weighted by atomic mass is 9.99.